The third-order valence-corrected chi connectivity index (χ3v) is 4.10. The lowest BCUT2D eigenvalue weighted by Crippen LogP contribution is -2.40. The Balaban J connectivity index is 1.79. The van der Waals surface area contributed by atoms with Gasteiger partial charge in [-0.2, -0.15) is 0 Å². The molecule has 0 unspecified atom stereocenters. The monoisotopic (exact) mass is 398 g/mol. The molecule has 0 radical (unpaired) electrons. The number of nitrogens with one attached hydrogen (secondary N) is 2. The fraction of sp³-hybridized carbons (Fsp3) is 0.364. The van der Waals surface area contributed by atoms with E-state index in [4.69, 9.17) is 9.47 Å². The minimum Gasteiger partial charge on any atom is -0.492 e. The van der Waals surface area contributed by atoms with Gasteiger partial charge in [-0.15, -0.1) is 0 Å². The molecule has 0 aliphatic heterocycles. The lowest BCUT2D eigenvalue weighted by molar-refractivity contribution is -0.122. The highest BCUT2D eigenvalue weighted by molar-refractivity contribution is 5.79. The molecule has 156 valence electrons. The summed E-state index contributed by atoms with van der Waals surface area (Å²) in [6, 6.07) is 17.4. The summed E-state index contributed by atoms with van der Waals surface area (Å²) in [5.74, 6) is 2.16. The minimum atomic E-state index is -0.129. The van der Waals surface area contributed by atoms with Crippen LogP contribution in [0.25, 0.3) is 0 Å². The van der Waals surface area contributed by atoms with Gasteiger partial charge in [0.05, 0.1) is 6.54 Å². The van der Waals surface area contributed by atoms with Gasteiger partial charge in [-0.05, 0) is 36.8 Å². The van der Waals surface area contributed by atoms with Gasteiger partial charge in [0.2, 0.25) is 0 Å². The molecule has 0 atom stereocenters. The van der Waals surface area contributed by atoms with Crippen LogP contribution in [0, 0.1) is 0 Å². The quantitative estimate of drug-likeness (QED) is 0.474. The molecule has 0 fully saturated rings. The van der Waals surface area contributed by atoms with Gasteiger partial charge in [0, 0.05) is 27.2 Å². The first-order chi connectivity index (χ1) is 14.1. The largest absolute Gasteiger partial charge is 0.492 e. The van der Waals surface area contributed by atoms with E-state index in [0.717, 1.165) is 17.3 Å². The molecule has 0 aromatic heterocycles. The summed E-state index contributed by atoms with van der Waals surface area (Å²) < 4.78 is 11.3. The lowest BCUT2D eigenvalue weighted by Gasteiger charge is -2.22. The number of aliphatic imine (C=N–C) groups is 1. The molecule has 2 rings (SSSR count). The topological polar surface area (TPSA) is 75.2 Å². The van der Waals surface area contributed by atoms with Crippen molar-refractivity contribution in [2.75, 3.05) is 40.4 Å². The standard InChI is InChI=1S/C22H30N4O3/c1-4-24-21(27)17-29-20-12-8-9-18(15-20)16-25-22(23-2)26(3)13-14-28-19-10-6-5-7-11-19/h5-12,15H,4,13-14,16-17H2,1-3H3,(H,23,25)(H,24,27). The Kier molecular flexibility index (Phi) is 9.35. The summed E-state index contributed by atoms with van der Waals surface area (Å²) >= 11 is 0. The van der Waals surface area contributed by atoms with Gasteiger partial charge in [-0.1, -0.05) is 30.3 Å². The van der Waals surface area contributed by atoms with Gasteiger partial charge in [0.15, 0.2) is 12.6 Å². The number of amides is 1. The number of hydrogen-bond acceptors (Lipinski definition) is 4. The van der Waals surface area contributed by atoms with Gasteiger partial charge in [-0.25, -0.2) is 0 Å². The third-order valence-electron chi connectivity index (χ3n) is 4.10. The van der Waals surface area contributed by atoms with Gasteiger partial charge in [-0.3, -0.25) is 9.79 Å². The van der Waals surface area contributed by atoms with Crippen molar-refractivity contribution in [2.45, 2.75) is 13.5 Å². The number of likely N-dealkylation sites (N-methyl/N-ethyl adjacent to an activating group) is 2. The van der Waals surface area contributed by atoms with E-state index < -0.39 is 0 Å². The average Bonchev–Trinajstić information content (AvgIpc) is 2.74. The minimum absolute atomic E-state index is 0.0105. The van der Waals surface area contributed by atoms with E-state index in [1.54, 1.807) is 7.05 Å². The summed E-state index contributed by atoms with van der Waals surface area (Å²) in [5, 5.41) is 6.04. The van der Waals surface area contributed by atoms with Crippen LogP contribution in [-0.4, -0.2) is 57.2 Å². The number of carbonyl (C=O) groups excluding carboxylic acids is 1. The summed E-state index contributed by atoms with van der Waals surface area (Å²) in [6.45, 7) is 4.33. The highest BCUT2D eigenvalue weighted by Crippen LogP contribution is 2.13. The maximum Gasteiger partial charge on any atom is 0.257 e. The number of carbonyl (C=O) groups is 1. The smallest absolute Gasteiger partial charge is 0.257 e. The molecule has 0 aliphatic rings. The molecule has 0 aliphatic carbocycles. The fourth-order valence-corrected chi connectivity index (χ4v) is 2.63. The van der Waals surface area contributed by atoms with E-state index in [9.17, 15) is 4.79 Å². The molecule has 0 saturated carbocycles. The second kappa shape index (κ2) is 12.3. The van der Waals surface area contributed by atoms with Crippen LogP contribution in [0.5, 0.6) is 11.5 Å². The number of benzene rings is 2. The van der Waals surface area contributed by atoms with E-state index in [0.29, 0.717) is 32.0 Å². The summed E-state index contributed by atoms with van der Waals surface area (Å²) in [5.41, 5.74) is 1.04. The first kappa shape index (κ1) is 22.1. The Bertz CT molecular complexity index is 781. The van der Waals surface area contributed by atoms with Crippen molar-refractivity contribution in [3.8, 4) is 11.5 Å². The van der Waals surface area contributed by atoms with Crippen molar-refractivity contribution in [3.05, 3.63) is 60.2 Å². The molecule has 0 bridgehead atoms. The zero-order valence-corrected chi connectivity index (χ0v) is 17.4. The van der Waals surface area contributed by atoms with E-state index in [1.807, 2.05) is 73.5 Å². The lowest BCUT2D eigenvalue weighted by atomic mass is 10.2. The predicted molar refractivity (Wildman–Crippen MR) is 115 cm³/mol. The molecule has 2 N–H and O–H groups in total. The fourth-order valence-electron chi connectivity index (χ4n) is 2.63. The van der Waals surface area contributed by atoms with Crippen LogP contribution >= 0.6 is 0 Å². The van der Waals surface area contributed by atoms with E-state index in [1.165, 1.54) is 0 Å². The number of guanidine groups is 1. The van der Waals surface area contributed by atoms with Crippen LogP contribution in [0.15, 0.2) is 59.6 Å². The van der Waals surface area contributed by atoms with Crippen molar-refractivity contribution < 1.29 is 14.3 Å². The first-order valence-corrected chi connectivity index (χ1v) is 9.70. The molecule has 0 heterocycles. The Morgan fingerprint density at radius 1 is 1.03 bits per heavy atom. The maximum absolute atomic E-state index is 11.5. The second-order valence-electron chi connectivity index (χ2n) is 6.37. The van der Waals surface area contributed by atoms with Crippen LogP contribution < -0.4 is 20.1 Å². The molecule has 0 saturated heterocycles. The Morgan fingerprint density at radius 3 is 2.52 bits per heavy atom. The number of hydrogen-bond donors (Lipinski definition) is 2. The number of ether oxygens (including phenoxy) is 2. The molecular formula is C22H30N4O3. The van der Waals surface area contributed by atoms with Crippen molar-refractivity contribution >= 4 is 11.9 Å². The molecule has 29 heavy (non-hydrogen) atoms. The third kappa shape index (κ3) is 8.13. The SMILES string of the molecule is CCNC(=O)COc1cccc(CNC(=NC)N(C)CCOc2ccccc2)c1. The van der Waals surface area contributed by atoms with Crippen LogP contribution in [-0.2, 0) is 11.3 Å². The molecule has 7 heteroatoms. The van der Waals surface area contributed by atoms with Crippen molar-refractivity contribution in [1.82, 2.24) is 15.5 Å². The maximum atomic E-state index is 11.5. The molecule has 2 aromatic rings. The summed E-state index contributed by atoms with van der Waals surface area (Å²) in [6.07, 6.45) is 0. The van der Waals surface area contributed by atoms with Gasteiger partial charge in [0.1, 0.15) is 18.1 Å². The van der Waals surface area contributed by atoms with Crippen molar-refractivity contribution in [3.63, 3.8) is 0 Å². The Morgan fingerprint density at radius 2 is 1.79 bits per heavy atom. The molecule has 2 aromatic carbocycles. The molecule has 0 spiro atoms. The number of rotatable bonds is 10. The van der Waals surface area contributed by atoms with E-state index in [-0.39, 0.29) is 12.5 Å². The Hall–Kier alpha value is -3.22. The summed E-state index contributed by atoms with van der Waals surface area (Å²) in [7, 11) is 3.72. The van der Waals surface area contributed by atoms with Gasteiger partial charge in [0.25, 0.3) is 5.91 Å². The van der Waals surface area contributed by atoms with Crippen molar-refractivity contribution in [1.29, 1.82) is 0 Å². The van der Waals surface area contributed by atoms with Gasteiger partial charge < -0.3 is 25.0 Å². The van der Waals surface area contributed by atoms with Crippen LogP contribution in [0.3, 0.4) is 0 Å². The van der Waals surface area contributed by atoms with E-state index >= 15 is 0 Å². The van der Waals surface area contributed by atoms with Crippen molar-refractivity contribution in [2.24, 2.45) is 4.99 Å². The summed E-state index contributed by atoms with van der Waals surface area (Å²) in [4.78, 5) is 17.9. The zero-order valence-electron chi connectivity index (χ0n) is 17.4. The van der Waals surface area contributed by atoms with Crippen LogP contribution in [0.2, 0.25) is 0 Å². The zero-order chi connectivity index (χ0) is 20.9. The van der Waals surface area contributed by atoms with E-state index in [2.05, 4.69) is 15.6 Å². The number of nitrogens with zero attached hydrogens (tertiary/aromatic N) is 2. The second-order valence-corrected chi connectivity index (χ2v) is 6.37. The first-order valence-electron chi connectivity index (χ1n) is 9.70. The highest BCUT2D eigenvalue weighted by Gasteiger charge is 2.07. The number of para-hydroxylation sites is 1. The predicted octanol–water partition coefficient (Wildman–Crippen LogP) is 2.29. The van der Waals surface area contributed by atoms with Crippen LogP contribution in [0.1, 0.15) is 12.5 Å². The average molecular weight is 399 g/mol. The molecule has 1 amide bonds. The molecular weight excluding hydrogens is 368 g/mol. The molecule has 7 nitrogen and oxygen atoms in total. The highest BCUT2D eigenvalue weighted by atomic mass is 16.5. The Labute approximate surface area is 172 Å². The van der Waals surface area contributed by atoms with Crippen LogP contribution in [0.4, 0.5) is 0 Å². The van der Waals surface area contributed by atoms with Gasteiger partial charge >= 0.3 is 0 Å². The normalized spacial score (nSPS) is 10.9.